The molecule has 0 bridgehead atoms. The summed E-state index contributed by atoms with van der Waals surface area (Å²) in [7, 11) is 0. The zero-order valence-electron chi connectivity index (χ0n) is 8.85. The summed E-state index contributed by atoms with van der Waals surface area (Å²) in [5.74, 6) is -3.60. The average Bonchev–Trinajstić information content (AvgIpc) is 2.29. The number of allylic oxidation sites excluding steroid dienone is 1. The van der Waals surface area contributed by atoms with E-state index in [0.717, 1.165) is 6.08 Å². The fraction of sp³-hybridized carbons (Fsp3) is 0.333. The van der Waals surface area contributed by atoms with Crippen LogP contribution in [0.25, 0.3) is 0 Å². The van der Waals surface area contributed by atoms with Gasteiger partial charge in [0.2, 0.25) is 0 Å². The molecule has 0 fully saturated rings. The van der Waals surface area contributed by atoms with Crippen molar-refractivity contribution in [1.82, 2.24) is 0 Å². The van der Waals surface area contributed by atoms with Gasteiger partial charge in [-0.05, 0) is 12.5 Å². The Morgan fingerprint density at radius 2 is 1.75 bits per heavy atom. The first-order valence-corrected chi connectivity index (χ1v) is 4.92. The second-order valence-electron chi connectivity index (χ2n) is 3.46. The van der Waals surface area contributed by atoms with Crippen molar-refractivity contribution < 1.29 is 19.0 Å². The number of aliphatic hydroxyl groups is 2. The highest BCUT2D eigenvalue weighted by Crippen LogP contribution is 2.34. The summed E-state index contributed by atoms with van der Waals surface area (Å²) < 4.78 is 27.1. The molecule has 0 amide bonds. The van der Waals surface area contributed by atoms with Crippen molar-refractivity contribution in [3.8, 4) is 0 Å². The van der Waals surface area contributed by atoms with Crippen molar-refractivity contribution in [2.24, 2.45) is 0 Å². The fourth-order valence-electron chi connectivity index (χ4n) is 1.33. The molecule has 0 heterocycles. The smallest absolute Gasteiger partial charge is 0.306 e. The molecule has 2 nitrogen and oxygen atoms in total. The van der Waals surface area contributed by atoms with E-state index in [4.69, 9.17) is 0 Å². The first-order chi connectivity index (χ1) is 7.50. The molecule has 2 atom stereocenters. The Morgan fingerprint density at radius 1 is 1.19 bits per heavy atom. The number of alkyl halides is 2. The van der Waals surface area contributed by atoms with Crippen LogP contribution in [-0.2, 0) is 0 Å². The zero-order chi connectivity index (χ0) is 12.2. The number of rotatable bonds is 4. The molecule has 4 heteroatoms. The number of benzene rings is 1. The van der Waals surface area contributed by atoms with Gasteiger partial charge >= 0.3 is 5.92 Å². The summed E-state index contributed by atoms with van der Waals surface area (Å²) in [4.78, 5) is 0. The predicted molar refractivity (Wildman–Crippen MR) is 57.2 cm³/mol. The lowest BCUT2D eigenvalue weighted by Crippen LogP contribution is -2.38. The Bertz CT molecular complexity index is 349. The molecule has 0 saturated carbocycles. The topological polar surface area (TPSA) is 40.5 Å². The fourth-order valence-corrected chi connectivity index (χ4v) is 1.33. The summed E-state index contributed by atoms with van der Waals surface area (Å²) in [6.45, 7) is 1.52. The molecule has 0 aliphatic heterocycles. The van der Waals surface area contributed by atoms with Crippen LogP contribution in [0.3, 0.4) is 0 Å². The van der Waals surface area contributed by atoms with E-state index in [1.165, 1.54) is 25.1 Å². The van der Waals surface area contributed by atoms with E-state index in [0.29, 0.717) is 0 Å². The van der Waals surface area contributed by atoms with E-state index < -0.39 is 18.1 Å². The maximum Gasteiger partial charge on any atom is 0.306 e. The average molecular weight is 228 g/mol. The van der Waals surface area contributed by atoms with Gasteiger partial charge < -0.3 is 10.2 Å². The van der Waals surface area contributed by atoms with Crippen LogP contribution in [0.4, 0.5) is 8.78 Å². The van der Waals surface area contributed by atoms with Crippen LogP contribution in [0.15, 0.2) is 42.5 Å². The SMILES string of the molecule is C/C=C/[C@@H](O)C(F)(F)[C@H](O)c1ccccc1. The van der Waals surface area contributed by atoms with Crippen LogP contribution < -0.4 is 0 Å². The molecule has 0 radical (unpaired) electrons. The van der Waals surface area contributed by atoms with E-state index in [-0.39, 0.29) is 5.56 Å². The summed E-state index contributed by atoms with van der Waals surface area (Å²) in [5, 5.41) is 18.7. The second kappa shape index (κ2) is 5.18. The highest BCUT2D eigenvalue weighted by atomic mass is 19.3. The summed E-state index contributed by atoms with van der Waals surface area (Å²) in [6, 6.07) is 7.55. The van der Waals surface area contributed by atoms with Gasteiger partial charge in [-0.3, -0.25) is 0 Å². The minimum absolute atomic E-state index is 0.0797. The molecule has 1 aromatic carbocycles. The van der Waals surface area contributed by atoms with Crippen LogP contribution in [0, 0.1) is 0 Å². The van der Waals surface area contributed by atoms with Crippen molar-refractivity contribution in [1.29, 1.82) is 0 Å². The number of aliphatic hydroxyl groups excluding tert-OH is 2. The Labute approximate surface area is 92.9 Å². The molecule has 0 aromatic heterocycles. The maximum absolute atomic E-state index is 13.5. The predicted octanol–water partition coefficient (Wildman–Crippen LogP) is 2.29. The van der Waals surface area contributed by atoms with E-state index >= 15 is 0 Å². The minimum Gasteiger partial charge on any atom is -0.383 e. The van der Waals surface area contributed by atoms with E-state index in [1.54, 1.807) is 18.2 Å². The van der Waals surface area contributed by atoms with Crippen molar-refractivity contribution in [2.75, 3.05) is 0 Å². The Hall–Kier alpha value is -1.26. The van der Waals surface area contributed by atoms with Gasteiger partial charge in [0.05, 0.1) is 0 Å². The lowest BCUT2D eigenvalue weighted by Gasteiger charge is -2.25. The van der Waals surface area contributed by atoms with Crippen molar-refractivity contribution in [2.45, 2.75) is 25.1 Å². The summed E-state index contributed by atoms with van der Waals surface area (Å²) >= 11 is 0. The largest absolute Gasteiger partial charge is 0.383 e. The maximum atomic E-state index is 13.5. The molecule has 0 unspecified atom stereocenters. The van der Waals surface area contributed by atoms with E-state index in [9.17, 15) is 19.0 Å². The van der Waals surface area contributed by atoms with Gasteiger partial charge in [0, 0.05) is 0 Å². The first-order valence-electron chi connectivity index (χ1n) is 4.92. The van der Waals surface area contributed by atoms with Gasteiger partial charge in [0.15, 0.2) is 0 Å². The van der Waals surface area contributed by atoms with Gasteiger partial charge in [0.25, 0.3) is 0 Å². The Kier molecular flexibility index (Phi) is 4.15. The molecule has 0 spiro atoms. The lowest BCUT2D eigenvalue weighted by atomic mass is 9.99. The standard InChI is InChI=1S/C12H14F2O2/c1-2-6-10(15)12(13,14)11(16)9-7-4-3-5-8-9/h2-8,10-11,15-16H,1H3/b6-2+/t10-,11-/m1/s1. The number of halogens is 2. The van der Waals surface area contributed by atoms with Crippen molar-refractivity contribution in [3.63, 3.8) is 0 Å². The molecule has 2 N–H and O–H groups in total. The number of hydrogen-bond donors (Lipinski definition) is 2. The molecule has 88 valence electrons. The summed E-state index contributed by atoms with van der Waals surface area (Å²) in [6.07, 6.45) is -1.74. The molecule has 0 aliphatic rings. The third kappa shape index (κ3) is 2.65. The van der Waals surface area contributed by atoms with Gasteiger partial charge in [-0.2, -0.15) is 0 Å². The second-order valence-corrected chi connectivity index (χ2v) is 3.46. The zero-order valence-corrected chi connectivity index (χ0v) is 8.85. The molecule has 16 heavy (non-hydrogen) atoms. The molecular formula is C12H14F2O2. The van der Waals surface area contributed by atoms with Crippen LogP contribution in [0.2, 0.25) is 0 Å². The molecule has 0 aliphatic carbocycles. The van der Waals surface area contributed by atoms with Crippen LogP contribution in [0.5, 0.6) is 0 Å². The van der Waals surface area contributed by atoms with Crippen LogP contribution in [0.1, 0.15) is 18.6 Å². The normalized spacial score (nSPS) is 16.3. The van der Waals surface area contributed by atoms with Crippen LogP contribution in [-0.4, -0.2) is 22.2 Å². The van der Waals surface area contributed by atoms with E-state index in [1.807, 2.05) is 0 Å². The molecule has 1 rings (SSSR count). The molecule has 0 saturated heterocycles. The Balaban J connectivity index is 2.91. The first kappa shape index (κ1) is 12.8. The van der Waals surface area contributed by atoms with Crippen LogP contribution >= 0.6 is 0 Å². The number of hydrogen-bond acceptors (Lipinski definition) is 2. The van der Waals surface area contributed by atoms with E-state index in [2.05, 4.69) is 0 Å². The minimum atomic E-state index is -3.60. The Morgan fingerprint density at radius 3 is 2.25 bits per heavy atom. The lowest BCUT2D eigenvalue weighted by molar-refractivity contribution is -0.164. The van der Waals surface area contributed by atoms with Crippen molar-refractivity contribution >= 4 is 0 Å². The monoisotopic (exact) mass is 228 g/mol. The van der Waals surface area contributed by atoms with Gasteiger partial charge in [-0.1, -0.05) is 42.5 Å². The van der Waals surface area contributed by atoms with Gasteiger partial charge in [-0.25, -0.2) is 8.78 Å². The van der Waals surface area contributed by atoms with Gasteiger partial charge in [0.1, 0.15) is 12.2 Å². The quantitative estimate of drug-likeness (QED) is 0.776. The summed E-state index contributed by atoms with van der Waals surface area (Å²) in [5.41, 5.74) is 0.0797. The molecular weight excluding hydrogens is 214 g/mol. The van der Waals surface area contributed by atoms with Crippen molar-refractivity contribution in [3.05, 3.63) is 48.0 Å². The third-order valence-corrected chi connectivity index (χ3v) is 2.25. The molecule has 1 aromatic rings. The van der Waals surface area contributed by atoms with Gasteiger partial charge in [-0.15, -0.1) is 0 Å². The highest BCUT2D eigenvalue weighted by molar-refractivity contribution is 5.20. The third-order valence-electron chi connectivity index (χ3n) is 2.25. The highest BCUT2D eigenvalue weighted by Gasteiger charge is 2.45.